The van der Waals surface area contributed by atoms with Crippen molar-refractivity contribution in [2.45, 2.75) is 32.5 Å². The number of aryl methyl sites for hydroxylation is 1. The Kier molecular flexibility index (Phi) is 4.87. The van der Waals surface area contributed by atoms with E-state index in [4.69, 9.17) is 26.2 Å². The quantitative estimate of drug-likeness (QED) is 0.499. The number of hydrogen-bond acceptors (Lipinski definition) is 4. The number of benzene rings is 3. The van der Waals surface area contributed by atoms with Crippen LogP contribution in [0.4, 0.5) is 0 Å². The smallest absolute Gasteiger partial charge is 0.213 e. The summed E-state index contributed by atoms with van der Waals surface area (Å²) in [5.41, 5.74) is 5.52. The fraction of sp³-hybridized carbons (Fsp3) is 0.240. The molecule has 0 fully saturated rings. The summed E-state index contributed by atoms with van der Waals surface area (Å²) in [6, 6.07) is 22.5. The van der Waals surface area contributed by atoms with Crippen LogP contribution >= 0.6 is 11.6 Å². The van der Waals surface area contributed by atoms with Crippen LogP contribution in [0.5, 0.6) is 11.5 Å². The van der Waals surface area contributed by atoms with E-state index in [0.29, 0.717) is 11.6 Å². The van der Waals surface area contributed by atoms with Crippen LogP contribution in [0.15, 0.2) is 71.8 Å². The molecule has 152 valence electrons. The lowest BCUT2D eigenvalue weighted by molar-refractivity contribution is -0.0190. The summed E-state index contributed by atoms with van der Waals surface area (Å²) in [4.78, 5) is 0. The summed E-state index contributed by atoms with van der Waals surface area (Å²) in [5.74, 6) is 1.74. The Hall–Kier alpha value is -2.98. The zero-order valence-electron chi connectivity index (χ0n) is 17.0. The molecule has 0 saturated heterocycles. The summed E-state index contributed by atoms with van der Waals surface area (Å²) in [6.07, 6.45) is 0.525. The van der Waals surface area contributed by atoms with E-state index in [1.54, 1.807) is 0 Å². The topological polar surface area (TPSA) is 34.1 Å². The summed E-state index contributed by atoms with van der Waals surface area (Å²) in [7, 11) is 0. The molecule has 2 aliphatic rings. The highest BCUT2D eigenvalue weighted by Crippen LogP contribution is 2.48. The Labute approximate surface area is 181 Å². The van der Waals surface area contributed by atoms with Crippen LogP contribution in [0, 0.1) is 6.92 Å². The van der Waals surface area contributed by atoms with Crippen molar-refractivity contribution in [1.29, 1.82) is 0 Å². The fourth-order valence-electron chi connectivity index (χ4n) is 4.09. The van der Waals surface area contributed by atoms with Crippen molar-refractivity contribution in [3.8, 4) is 11.5 Å². The first-order valence-electron chi connectivity index (χ1n) is 10.2. The normalized spacial score (nSPS) is 19.6. The Bertz CT molecular complexity index is 1090. The van der Waals surface area contributed by atoms with Gasteiger partial charge in [-0.05, 0) is 61.9 Å². The predicted octanol–water partition coefficient (Wildman–Crippen LogP) is 6.29. The first-order chi connectivity index (χ1) is 14.6. The molecule has 2 aliphatic heterocycles. The van der Waals surface area contributed by atoms with Crippen molar-refractivity contribution >= 4 is 17.3 Å². The molecule has 0 radical (unpaired) electrons. The molecule has 5 rings (SSSR count). The Morgan fingerprint density at radius 3 is 2.57 bits per heavy atom. The maximum atomic E-state index is 6.40. The second-order valence-corrected chi connectivity index (χ2v) is 8.10. The van der Waals surface area contributed by atoms with Gasteiger partial charge >= 0.3 is 0 Å². The number of hydrogen-bond donors (Lipinski definition) is 0. The largest absolute Gasteiger partial charge is 0.494 e. The van der Waals surface area contributed by atoms with E-state index in [9.17, 15) is 0 Å². The van der Waals surface area contributed by atoms with Gasteiger partial charge in [-0.15, -0.1) is 0 Å². The van der Waals surface area contributed by atoms with Crippen molar-refractivity contribution in [1.82, 2.24) is 5.01 Å². The van der Waals surface area contributed by atoms with Crippen molar-refractivity contribution in [3.63, 3.8) is 0 Å². The summed E-state index contributed by atoms with van der Waals surface area (Å²) >= 11 is 6.31. The highest BCUT2D eigenvalue weighted by molar-refractivity contribution is 6.30. The summed E-state index contributed by atoms with van der Waals surface area (Å²) in [6.45, 7) is 4.73. The monoisotopic (exact) mass is 418 g/mol. The molecule has 2 atom stereocenters. The van der Waals surface area contributed by atoms with Gasteiger partial charge in [-0.1, -0.05) is 41.4 Å². The average Bonchev–Trinajstić information content (AvgIpc) is 3.21. The van der Waals surface area contributed by atoms with Gasteiger partial charge in [0.25, 0.3) is 0 Å². The third kappa shape index (κ3) is 3.41. The number of fused-ring (bicyclic) bond motifs is 3. The van der Waals surface area contributed by atoms with Gasteiger partial charge < -0.3 is 9.47 Å². The van der Waals surface area contributed by atoms with Crippen molar-refractivity contribution < 1.29 is 9.47 Å². The van der Waals surface area contributed by atoms with Gasteiger partial charge in [0.15, 0.2) is 0 Å². The van der Waals surface area contributed by atoms with Crippen LogP contribution in [0.2, 0.25) is 5.02 Å². The first-order valence-corrected chi connectivity index (χ1v) is 10.6. The predicted molar refractivity (Wildman–Crippen MR) is 119 cm³/mol. The number of halogens is 1. The zero-order valence-corrected chi connectivity index (χ0v) is 17.8. The van der Waals surface area contributed by atoms with Crippen LogP contribution in [0.1, 0.15) is 47.9 Å². The number of rotatable bonds is 4. The second kappa shape index (κ2) is 7.69. The van der Waals surface area contributed by atoms with Crippen LogP contribution in [-0.2, 0) is 0 Å². The second-order valence-electron chi connectivity index (χ2n) is 7.67. The molecule has 3 aromatic rings. The van der Waals surface area contributed by atoms with E-state index in [1.165, 1.54) is 5.56 Å². The average molecular weight is 419 g/mol. The zero-order chi connectivity index (χ0) is 20.7. The van der Waals surface area contributed by atoms with E-state index in [0.717, 1.165) is 40.3 Å². The van der Waals surface area contributed by atoms with E-state index in [-0.39, 0.29) is 12.3 Å². The Balaban J connectivity index is 1.54. The van der Waals surface area contributed by atoms with Crippen molar-refractivity contribution in [2.24, 2.45) is 5.10 Å². The van der Waals surface area contributed by atoms with Gasteiger partial charge in [-0.25, -0.2) is 5.01 Å². The van der Waals surface area contributed by atoms with Crippen molar-refractivity contribution in [3.05, 3.63) is 94.0 Å². The molecule has 0 spiro atoms. The van der Waals surface area contributed by atoms with Crippen LogP contribution in [0.3, 0.4) is 0 Å². The lowest BCUT2D eigenvalue weighted by atomic mass is 9.96. The molecule has 0 amide bonds. The molecule has 0 bridgehead atoms. The first kappa shape index (κ1) is 19.0. The van der Waals surface area contributed by atoms with E-state index < -0.39 is 0 Å². The van der Waals surface area contributed by atoms with Crippen molar-refractivity contribution in [2.75, 3.05) is 6.61 Å². The molecule has 5 heteroatoms. The molecule has 4 nitrogen and oxygen atoms in total. The molecule has 2 heterocycles. The molecule has 0 saturated carbocycles. The molecule has 0 N–H and O–H groups in total. The minimum Gasteiger partial charge on any atom is -0.494 e. The van der Waals surface area contributed by atoms with Gasteiger partial charge in [-0.2, -0.15) is 5.10 Å². The van der Waals surface area contributed by atoms with Gasteiger partial charge in [0.1, 0.15) is 11.5 Å². The maximum Gasteiger partial charge on any atom is 0.213 e. The Morgan fingerprint density at radius 2 is 1.83 bits per heavy atom. The van der Waals surface area contributed by atoms with Crippen LogP contribution in [0.25, 0.3) is 0 Å². The summed E-state index contributed by atoms with van der Waals surface area (Å²) in [5, 5.41) is 7.79. The highest BCUT2D eigenvalue weighted by Gasteiger charge is 2.41. The molecule has 0 aromatic heterocycles. The van der Waals surface area contributed by atoms with Gasteiger partial charge in [0.05, 0.1) is 18.4 Å². The third-order valence-electron chi connectivity index (χ3n) is 5.61. The lowest BCUT2D eigenvalue weighted by Gasteiger charge is -2.38. The highest BCUT2D eigenvalue weighted by atomic mass is 35.5. The minimum absolute atomic E-state index is 0.0836. The third-order valence-corrected chi connectivity index (χ3v) is 5.85. The lowest BCUT2D eigenvalue weighted by Crippen LogP contribution is -2.33. The molecule has 2 unspecified atom stereocenters. The van der Waals surface area contributed by atoms with E-state index in [2.05, 4.69) is 48.3 Å². The van der Waals surface area contributed by atoms with Gasteiger partial charge in [0.2, 0.25) is 6.23 Å². The molecule has 0 aliphatic carbocycles. The Morgan fingerprint density at radius 1 is 1.07 bits per heavy atom. The minimum atomic E-state index is -0.274. The van der Waals surface area contributed by atoms with Crippen LogP contribution in [-0.4, -0.2) is 17.3 Å². The van der Waals surface area contributed by atoms with E-state index in [1.807, 2.05) is 37.3 Å². The molecule has 3 aromatic carbocycles. The fourth-order valence-corrected chi connectivity index (χ4v) is 4.27. The standard InChI is InChI=1S/C25H23ClN2O2/c1-3-29-20-11-8-17(9-12-20)22-15-23-21-14-19(26)10-13-24(21)30-25(28(23)27-22)18-6-4-16(2)5-7-18/h4-14,23,25H,3,15H2,1-2H3. The van der Waals surface area contributed by atoms with Crippen LogP contribution < -0.4 is 9.47 Å². The summed E-state index contributed by atoms with van der Waals surface area (Å²) < 4.78 is 12.0. The van der Waals surface area contributed by atoms with Gasteiger partial charge in [-0.3, -0.25) is 0 Å². The SMILES string of the molecule is CCOc1ccc(C2=NN3C(C2)c2cc(Cl)ccc2OC3c2ccc(C)cc2)cc1. The number of ether oxygens (including phenoxy) is 2. The number of nitrogens with zero attached hydrogens (tertiary/aromatic N) is 2. The molecule has 30 heavy (non-hydrogen) atoms. The molecular formula is C25H23ClN2O2. The maximum absolute atomic E-state index is 6.40. The van der Waals surface area contributed by atoms with E-state index >= 15 is 0 Å². The number of hydrazone groups is 1. The molecular weight excluding hydrogens is 396 g/mol. The van der Waals surface area contributed by atoms with Gasteiger partial charge in [0, 0.05) is 22.6 Å².